The van der Waals surface area contributed by atoms with E-state index in [4.69, 9.17) is 14.1 Å². The molecule has 1 saturated heterocycles. The minimum Gasteiger partial charge on any atom is -0.494 e. The number of fused-ring (bicyclic) bond motifs is 3. The Labute approximate surface area is 225 Å². The van der Waals surface area contributed by atoms with Crippen LogP contribution in [-0.4, -0.2) is 72.9 Å². The van der Waals surface area contributed by atoms with E-state index in [2.05, 4.69) is 31.9 Å². The van der Waals surface area contributed by atoms with Gasteiger partial charge >= 0.3 is 5.69 Å². The lowest BCUT2D eigenvalue weighted by Crippen LogP contribution is -2.47. The maximum atomic E-state index is 13.7. The van der Waals surface area contributed by atoms with E-state index in [0.29, 0.717) is 54.0 Å². The first-order chi connectivity index (χ1) is 19.2. The predicted octanol–water partition coefficient (Wildman–Crippen LogP) is 3.13. The Morgan fingerprint density at radius 3 is 2.56 bits per heavy atom. The molecule has 0 atom stereocenters. The van der Waals surface area contributed by atoms with Crippen molar-refractivity contribution in [3.63, 3.8) is 0 Å². The molecule has 0 N–H and O–H groups in total. The number of benzene rings is 1. The molecule has 1 aromatic carbocycles. The van der Waals surface area contributed by atoms with Crippen molar-refractivity contribution in [2.75, 3.05) is 44.2 Å². The fourth-order valence-electron chi connectivity index (χ4n) is 5.49. The van der Waals surface area contributed by atoms with Gasteiger partial charge in [0.1, 0.15) is 23.3 Å². The van der Waals surface area contributed by atoms with Crippen molar-refractivity contribution in [3.05, 3.63) is 59.5 Å². The molecule has 1 saturated carbocycles. The molecule has 0 spiro atoms. The summed E-state index contributed by atoms with van der Waals surface area (Å²) in [6, 6.07) is 12.0. The fourth-order valence-corrected chi connectivity index (χ4v) is 5.49. The van der Waals surface area contributed by atoms with E-state index < -0.39 is 0 Å². The second kappa shape index (κ2) is 9.88. The summed E-state index contributed by atoms with van der Waals surface area (Å²) in [5.41, 5.74) is 3.10. The van der Waals surface area contributed by atoms with Crippen molar-refractivity contribution >= 4 is 22.6 Å². The molecule has 2 fully saturated rings. The van der Waals surface area contributed by atoms with Crippen LogP contribution < -0.4 is 15.3 Å². The maximum Gasteiger partial charge on any atom is 0.346 e. The van der Waals surface area contributed by atoms with Crippen LogP contribution in [0.1, 0.15) is 19.8 Å². The number of rotatable bonds is 9. The van der Waals surface area contributed by atoms with Crippen LogP contribution in [0.5, 0.6) is 5.75 Å². The Balaban J connectivity index is 1.13. The van der Waals surface area contributed by atoms with Crippen LogP contribution in [0.15, 0.2) is 58.2 Å². The Morgan fingerprint density at radius 2 is 1.85 bits per heavy atom. The maximum absolute atomic E-state index is 13.7. The molecule has 2 aliphatic rings. The zero-order chi connectivity index (χ0) is 26.3. The van der Waals surface area contributed by atoms with Crippen molar-refractivity contribution in [1.82, 2.24) is 33.6 Å². The number of hydrogen-bond acceptors (Lipinski definition) is 8. The van der Waals surface area contributed by atoms with Gasteiger partial charge in [0.15, 0.2) is 11.4 Å². The number of furan rings is 1. The van der Waals surface area contributed by atoms with E-state index in [0.717, 1.165) is 51.3 Å². The summed E-state index contributed by atoms with van der Waals surface area (Å²) in [4.78, 5) is 32.3. The Kier molecular flexibility index (Phi) is 6.07. The second-order valence-electron chi connectivity index (χ2n) is 10.3. The highest BCUT2D eigenvalue weighted by molar-refractivity contribution is 5.87. The zero-order valence-corrected chi connectivity index (χ0v) is 22.1. The van der Waals surface area contributed by atoms with Gasteiger partial charge in [0, 0.05) is 51.5 Å². The molecule has 5 heterocycles. The molecule has 11 heteroatoms. The minimum absolute atomic E-state index is 0.0337. The molecule has 39 heavy (non-hydrogen) atoms. The van der Waals surface area contributed by atoms with Crippen LogP contribution in [0.3, 0.4) is 0 Å². The highest BCUT2D eigenvalue weighted by Crippen LogP contribution is 2.32. The third kappa shape index (κ3) is 4.46. The van der Waals surface area contributed by atoms with Crippen LogP contribution in [0, 0.1) is 5.92 Å². The summed E-state index contributed by atoms with van der Waals surface area (Å²) >= 11 is 0. The highest BCUT2D eigenvalue weighted by atomic mass is 16.5. The minimum atomic E-state index is -0.0337. The zero-order valence-electron chi connectivity index (χ0n) is 22.1. The van der Waals surface area contributed by atoms with Crippen molar-refractivity contribution in [3.8, 4) is 17.2 Å². The number of piperazine rings is 1. The van der Waals surface area contributed by atoms with E-state index in [1.165, 1.54) is 12.0 Å². The van der Waals surface area contributed by atoms with Crippen molar-refractivity contribution in [2.24, 2.45) is 5.92 Å². The third-order valence-electron chi connectivity index (χ3n) is 7.75. The summed E-state index contributed by atoms with van der Waals surface area (Å²) < 4.78 is 16.8. The summed E-state index contributed by atoms with van der Waals surface area (Å²) in [7, 11) is 0. The molecule has 7 rings (SSSR count). The summed E-state index contributed by atoms with van der Waals surface area (Å²) in [5, 5.41) is 0. The van der Waals surface area contributed by atoms with E-state index in [1.807, 2.05) is 40.4 Å². The van der Waals surface area contributed by atoms with E-state index in [1.54, 1.807) is 10.8 Å². The van der Waals surface area contributed by atoms with Gasteiger partial charge < -0.3 is 14.1 Å². The first kappa shape index (κ1) is 24.0. The lowest BCUT2D eigenvalue weighted by molar-refractivity contribution is 0.247. The van der Waals surface area contributed by atoms with Gasteiger partial charge in [-0.05, 0) is 62.1 Å². The van der Waals surface area contributed by atoms with Gasteiger partial charge in [-0.25, -0.2) is 24.0 Å². The molecule has 1 aliphatic heterocycles. The number of imidazole rings is 1. The Morgan fingerprint density at radius 1 is 1.03 bits per heavy atom. The Bertz CT molecular complexity index is 1640. The number of nitrogens with zero attached hydrogens (tertiary/aromatic N) is 8. The van der Waals surface area contributed by atoms with Crippen molar-refractivity contribution < 1.29 is 9.15 Å². The van der Waals surface area contributed by atoms with Crippen LogP contribution in [-0.2, 0) is 13.1 Å². The van der Waals surface area contributed by atoms with Crippen LogP contribution in [0.2, 0.25) is 0 Å². The molecule has 1 aliphatic carbocycles. The second-order valence-corrected chi connectivity index (χ2v) is 10.3. The fraction of sp³-hybridized carbons (Fsp3) is 0.429. The predicted molar refractivity (Wildman–Crippen MR) is 147 cm³/mol. The summed E-state index contributed by atoms with van der Waals surface area (Å²) in [6.07, 6.45) is 5.42. The van der Waals surface area contributed by atoms with E-state index in [-0.39, 0.29) is 5.69 Å². The number of ether oxygens (including phenoxy) is 1. The number of anilines is 1. The van der Waals surface area contributed by atoms with Gasteiger partial charge in [0.05, 0.1) is 12.9 Å². The average molecular weight is 529 g/mol. The standard InChI is InChI=1S/C28H32N8O3/c1-2-38-22-9-7-21(8-10-22)33-14-11-32(12-15-33)13-16-34-27-31-26-25(24(29-19-30-26)23-4-3-17-39-23)36(27)35(28(34)37)18-20-5-6-20/h3-4,7-10,17,19-20H,2,5-6,11-16,18H2,1H3. The molecule has 202 valence electrons. The largest absolute Gasteiger partial charge is 0.494 e. The van der Waals surface area contributed by atoms with Gasteiger partial charge in [-0.2, -0.15) is 4.98 Å². The molecule has 4 aromatic heterocycles. The van der Waals surface area contributed by atoms with E-state index >= 15 is 0 Å². The van der Waals surface area contributed by atoms with Gasteiger partial charge in [-0.1, -0.05) is 0 Å². The number of aromatic nitrogens is 6. The lowest BCUT2D eigenvalue weighted by Gasteiger charge is -2.36. The smallest absolute Gasteiger partial charge is 0.346 e. The average Bonchev–Trinajstić information content (AvgIpc) is 3.36. The first-order valence-electron chi connectivity index (χ1n) is 13.8. The third-order valence-corrected chi connectivity index (χ3v) is 7.75. The first-order valence-corrected chi connectivity index (χ1v) is 13.8. The summed E-state index contributed by atoms with van der Waals surface area (Å²) in [6.45, 7) is 8.43. The van der Waals surface area contributed by atoms with Gasteiger partial charge in [0.2, 0.25) is 5.78 Å². The molecule has 11 nitrogen and oxygen atoms in total. The monoisotopic (exact) mass is 528 g/mol. The van der Waals surface area contributed by atoms with Gasteiger partial charge in [-0.15, -0.1) is 0 Å². The quantitative estimate of drug-likeness (QED) is 0.288. The molecule has 5 aromatic rings. The summed E-state index contributed by atoms with van der Waals surface area (Å²) in [5.74, 6) is 2.66. The molecule has 0 amide bonds. The molecule has 0 bridgehead atoms. The molecular formula is C28H32N8O3. The Hall–Kier alpha value is -4.12. The van der Waals surface area contributed by atoms with Crippen LogP contribution in [0.25, 0.3) is 28.4 Å². The molecule has 0 radical (unpaired) electrons. The topological polar surface area (TPSA) is 98.9 Å². The van der Waals surface area contributed by atoms with E-state index in [9.17, 15) is 4.79 Å². The van der Waals surface area contributed by atoms with Crippen molar-refractivity contribution in [2.45, 2.75) is 32.9 Å². The highest BCUT2D eigenvalue weighted by Gasteiger charge is 2.28. The molecular weight excluding hydrogens is 496 g/mol. The van der Waals surface area contributed by atoms with Crippen molar-refractivity contribution in [1.29, 1.82) is 0 Å². The molecule has 0 unspecified atom stereocenters. The van der Waals surface area contributed by atoms with Gasteiger partial charge in [0.25, 0.3) is 0 Å². The lowest BCUT2D eigenvalue weighted by atomic mass is 10.2. The van der Waals surface area contributed by atoms with Crippen LogP contribution in [0.4, 0.5) is 5.69 Å². The van der Waals surface area contributed by atoms with Crippen LogP contribution >= 0.6 is 0 Å². The number of hydrogen-bond donors (Lipinski definition) is 0. The normalized spacial score (nSPS) is 16.5. The SMILES string of the molecule is CCOc1ccc(N2CCN(CCn3c(=O)n(CC4CC4)n4c5c(-c6ccco6)ncnc5nc34)CC2)cc1. The van der Waals surface area contributed by atoms with Gasteiger partial charge in [-0.3, -0.25) is 9.47 Å².